The Kier molecular flexibility index (Phi) is 6.27. The van der Waals surface area contributed by atoms with Crippen molar-refractivity contribution < 1.29 is 14.2 Å². The molecule has 5 nitrogen and oxygen atoms in total. The van der Waals surface area contributed by atoms with Crippen LogP contribution in [0.5, 0.6) is 0 Å². The predicted molar refractivity (Wildman–Crippen MR) is 102 cm³/mol. The third-order valence-corrected chi connectivity index (χ3v) is 5.12. The van der Waals surface area contributed by atoms with Gasteiger partial charge in [0.05, 0.1) is 11.4 Å². The van der Waals surface area contributed by atoms with Gasteiger partial charge in [0.1, 0.15) is 25.0 Å². The maximum absolute atomic E-state index is 13.4. The zero-order chi connectivity index (χ0) is 18.4. The van der Waals surface area contributed by atoms with Gasteiger partial charge in [0.25, 0.3) is 0 Å². The summed E-state index contributed by atoms with van der Waals surface area (Å²) in [5.41, 5.74) is 3.22. The largest absolute Gasteiger partial charge is 0.388 e. The van der Waals surface area contributed by atoms with E-state index in [1.807, 2.05) is 16.7 Å². The number of hydrogen-bond donors (Lipinski definition) is 1. The van der Waals surface area contributed by atoms with Gasteiger partial charge in [0.15, 0.2) is 0 Å². The van der Waals surface area contributed by atoms with Crippen molar-refractivity contribution in [3.63, 3.8) is 0 Å². The first-order valence-corrected chi connectivity index (χ1v) is 11.1. The van der Waals surface area contributed by atoms with E-state index >= 15 is 0 Å². The van der Waals surface area contributed by atoms with Crippen LogP contribution in [0.15, 0.2) is 48.8 Å². The topological polar surface area (TPSA) is 60.2 Å². The highest BCUT2D eigenvalue weighted by Crippen LogP contribution is 2.33. The molecule has 0 fully saturated rings. The average Bonchev–Trinajstić information content (AvgIpc) is 3.05. The Morgan fingerprint density at radius 1 is 1.12 bits per heavy atom. The number of aromatic nitrogens is 3. The first kappa shape index (κ1) is 18.4. The second-order valence-corrected chi connectivity index (χ2v) is 7.65. The molecule has 0 aliphatic rings. The van der Waals surface area contributed by atoms with E-state index in [1.165, 1.54) is 12.1 Å². The van der Waals surface area contributed by atoms with Crippen molar-refractivity contribution in [3.05, 3.63) is 60.4 Å². The van der Waals surface area contributed by atoms with E-state index in [-0.39, 0.29) is 21.9 Å². The van der Waals surface area contributed by atoms with E-state index in [1.54, 1.807) is 24.5 Å². The highest BCUT2D eigenvalue weighted by molar-refractivity contribution is 6.33. The lowest BCUT2D eigenvalue weighted by molar-refractivity contribution is 0.0834. The fourth-order valence-corrected chi connectivity index (χ4v) is 3.27. The van der Waals surface area contributed by atoms with Gasteiger partial charge < -0.3 is 14.4 Å². The van der Waals surface area contributed by atoms with E-state index in [4.69, 9.17) is 4.74 Å². The third kappa shape index (κ3) is 4.06. The Labute approximate surface area is 154 Å². The maximum atomic E-state index is 13.4. The fourth-order valence-electron chi connectivity index (χ4n) is 2.77. The molecule has 0 saturated carbocycles. The number of ether oxygens (including phenoxy) is 1. The van der Waals surface area contributed by atoms with Crippen LogP contribution < -0.4 is 0 Å². The van der Waals surface area contributed by atoms with Crippen LogP contribution in [-0.4, -0.2) is 35.8 Å². The second-order valence-electron chi connectivity index (χ2n) is 5.95. The first-order valence-electron chi connectivity index (χ1n) is 8.69. The summed E-state index contributed by atoms with van der Waals surface area (Å²) in [4.78, 5) is 8.67. The lowest BCUT2D eigenvalue weighted by atomic mass is 10.1. The monoisotopic (exact) mass is 371 g/mol. The molecule has 0 aliphatic heterocycles. The molecule has 0 saturated heterocycles. The van der Waals surface area contributed by atoms with Crippen LogP contribution in [0.2, 0.25) is 12.6 Å². The molecule has 0 unspecified atom stereocenters. The van der Waals surface area contributed by atoms with E-state index in [2.05, 4.69) is 16.5 Å². The van der Waals surface area contributed by atoms with Gasteiger partial charge in [0, 0.05) is 39.6 Å². The first-order chi connectivity index (χ1) is 12.7. The van der Waals surface area contributed by atoms with Crippen LogP contribution in [0.3, 0.4) is 0 Å². The Bertz CT molecular complexity index is 838. The summed E-state index contributed by atoms with van der Waals surface area (Å²) in [5.74, 6) is 0.224. The normalized spacial score (nSPS) is 11.5. The summed E-state index contributed by atoms with van der Waals surface area (Å²) in [7, 11) is -0.0505. The van der Waals surface area contributed by atoms with Crippen LogP contribution in [0.25, 0.3) is 22.5 Å². The molecule has 3 rings (SSSR count). The minimum Gasteiger partial charge on any atom is -0.388 e. The van der Waals surface area contributed by atoms with Gasteiger partial charge in [-0.05, 0) is 42.4 Å². The smallest absolute Gasteiger partial charge is 0.137 e. The molecule has 0 aliphatic carbocycles. The quantitative estimate of drug-likeness (QED) is 0.489. The van der Waals surface area contributed by atoms with Gasteiger partial charge in [0.2, 0.25) is 0 Å². The van der Waals surface area contributed by atoms with Crippen molar-refractivity contribution in [1.29, 1.82) is 0 Å². The zero-order valence-electron chi connectivity index (χ0n) is 14.7. The predicted octanol–water partition coefficient (Wildman–Crippen LogP) is 2.85. The molecular weight excluding hydrogens is 349 g/mol. The number of benzene rings is 1. The molecule has 2 heterocycles. The standard InChI is InChI=1S/C19H22FN3O2Si/c1-26-11-10-25-13-23-17(12-24)22-18(14-6-8-21-9-7-14)19(23)15-2-4-16(20)5-3-15/h2-9,24H,10-13,26H2,1H3. The molecule has 0 spiro atoms. The van der Waals surface area contributed by atoms with Crippen molar-refractivity contribution in [1.82, 2.24) is 14.5 Å². The van der Waals surface area contributed by atoms with Gasteiger partial charge in [-0.15, -0.1) is 0 Å². The molecule has 1 aromatic carbocycles. The van der Waals surface area contributed by atoms with Gasteiger partial charge in [-0.1, -0.05) is 6.55 Å². The minimum atomic E-state index is -0.295. The average molecular weight is 371 g/mol. The summed E-state index contributed by atoms with van der Waals surface area (Å²) in [5, 5.41) is 9.79. The van der Waals surface area contributed by atoms with Crippen LogP contribution >= 0.6 is 0 Å². The molecule has 1 N–H and O–H groups in total. The molecule has 0 amide bonds. The van der Waals surface area contributed by atoms with E-state index in [0.717, 1.165) is 28.6 Å². The Morgan fingerprint density at radius 2 is 1.85 bits per heavy atom. The highest BCUT2D eigenvalue weighted by Gasteiger charge is 2.19. The number of aliphatic hydroxyl groups is 1. The lowest BCUT2D eigenvalue weighted by Gasteiger charge is -2.13. The summed E-state index contributed by atoms with van der Waals surface area (Å²) in [6.45, 7) is 3.03. The van der Waals surface area contributed by atoms with Gasteiger partial charge in [-0.2, -0.15) is 0 Å². The zero-order valence-corrected chi connectivity index (χ0v) is 16.1. The van der Waals surface area contributed by atoms with Crippen LogP contribution in [0, 0.1) is 5.82 Å². The Hall–Kier alpha value is -2.35. The van der Waals surface area contributed by atoms with Crippen LogP contribution in [0.4, 0.5) is 4.39 Å². The van der Waals surface area contributed by atoms with E-state index in [9.17, 15) is 9.50 Å². The number of imidazole rings is 1. The number of halogens is 1. The Balaban J connectivity index is 2.09. The number of aliphatic hydroxyl groups excluding tert-OH is 1. The van der Waals surface area contributed by atoms with Crippen molar-refractivity contribution >= 4 is 9.52 Å². The third-order valence-electron chi connectivity index (χ3n) is 4.12. The molecule has 7 heteroatoms. The molecule has 0 radical (unpaired) electrons. The molecule has 0 bridgehead atoms. The molecule has 3 aromatic rings. The van der Waals surface area contributed by atoms with Crippen LogP contribution in [-0.2, 0) is 18.1 Å². The summed E-state index contributed by atoms with van der Waals surface area (Å²) in [6, 6.07) is 11.1. The van der Waals surface area contributed by atoms with Gasteiger partial charge in [-0.3, -0.25) is 4.98 Å². The number of rotatable bonds is 8. The Morgan fingerprint density at radius 3 is 2.50 bits per heavy atom. The van der Waals surface area contributed by atoms with Crippen molar-refractivity contribution in [3.8, 4) is 22.5 Å². The summed E-state index contributed by atoms with van der Waals surface area (Å²) < 4.78 is 21.1. The summed E-state index contributed by atoms with van der Waals surface area (Å²) >= 11 is 0. The highest BCUT2D eigenvalue weighted by atomic mass is 28.2. The maximum Gasteiger partial charge on any atom is 0.137 e. The van der Waals surface area contributed by atoms with Crippen molar-refractivity contribution in [2.75, 3.05) is 6.61 Å². The second kappa shape index (κ2) is 8.84. The van der Waals surface area contributed by atoms with E-state index in [0.29, 0.717) is 19.2 Å². The molecular formula is C19H22FN3O2Si. The fraction of sp³-hybridized carbons (Fsp3) is 0.263. The van der Waals surface area contributed by atoms with Gasteiger partial charge >= 0.3 is 0 Å². The number of nitrogens with zero attached hydrogens (tertiary/aromatic N) is 3. The van der Waals surface area contributed by atoms with Crippen molar-refractivity contribution in [2.24, 2.45) is 0 Å². The van der Waals surface area contributed by atoms with Crippen molar-refractivity contribution in [2.45, 2.75) is 25.9 Å². The number of hydrogen-bond acceptors (Lipinski definition) is 4. The van der Waals surface area contributed by atoms with E-state index < -0.39 is 0 Å². The number of pyridine rings is 1. The molecule has 136 valence electrons. The van der Waals surface area contributed by atoms with Gasteiger partial charge in [-0.25, -0.2) is 9.37 Å². The van der Waals surface area contributed by atoms with Crippen LogP contribution in [0.1, 0.15) is 5.82 Å². The molecule has 26 heavy (non-hydrogen) atoms. The SMILES string of the molecule is C[SiH2]CCOCn1c(CO)nc(-c2ccncc2)c1-c1ccc(F)cc1. The lowest BCUT2D eigenvalue weighted by Crippen LogP contribution is -2.10. The summed E-state index contributed by atoms with van der Waals surface area (Å²) in [6.07, 6.45) is 3.40. The molecule has 0 atom stereocenters. The minimum absolute atomic E-state index is 0.0505. The molecule has 2 aromatic heterocycles.